The minimum Gasteiger partial charge on any atom is -0.368 e. The molecule has 2 heterocycles. The monoisotopic (exact) mass is 253 g/mol. The molecule has 0 radical (unpaired) electrons. The zero-order valence-electron chi connectivity index (χ0n) is 10.0. The van der Waals surface area contributed by atoms with E-state index in [9.17, 15) is 14.4 Å². The molecule has 3 N–H and O–H groups in total. The van der Waals surface area contributed by atoms with E-state index in [-0.39, 0.29) is 18.0 Å². The molecule has 18 heavy (non-hydrogen) atoms. The molecule has 0 aromatic carbocycles. The summed E-state index contributed by atoms with van der Waals surface area (Å²) >= 11 is 0. The molecule has 1 unspecified atom stereocenters. The van der Waals surface area contributed by atoms with Gasteiger partial charge >= 0.3 is 5.69 Å². The molecule has 8 heteroatoms. The van der Waals surface area contributed by atoms with Gasteiger partial charge in [-0.25, -0.2) is 9.48 Å². The Morgan fingerprint density at radius 2 is 2.28 bits per heavy atom. The third kappa shape index (κ3) is 2.27. The second-order valence-corrected chi connectivity index (χ2v) is 4.32. The van der Waals surface area contributed by atoms with E-state index in [4.69, 9.17) is 5.73 Å². The molecular weight excluding hydrogens is 238 g/mol. The number of aromatic nitrogens is 3. The fraction of sp³-hybridized carbons (Fsp3) is 0.600. The van der Waals surface area contributed by atoms with E-state index in [0.29, 0.717) is 18.8 Å². The Morgan fingerprint density at radius 3 is 2.83 bits per heavy atom. The Kier molecular flexibility index (Phi) is 3.17. The number of rotatable bonds is 3. The largest absolute Gasteiger partial charge is 0.368 e. The van der Waals surface area contributed by atoms with Crippen LogP contribution in [0.15, 0.2) is 4.79 Å². The number of carbonyl (C=O) groups is 2. The van der Waals surface area contributed by atoms with Crippen molar-refractivity contribution < 1.29 is 9.59 Å². The lowest BCUT2D eigenvalue weighted by atomic mass is 10.2. The molecule has 1 atom stereocenters. The van der Waals surface area contributed by atoms with Gasteiger partial charge in [0, 0.05) is 13.6 Å². The first-order valence-electron chi connectivity index (χ1n) is 5.70. The highest BCUT2D eigenvalue weighted by molar-refractivity contribution is 5.87. The van der Waals surface area contributed by atoms with Crippen LogP contribution < -0.4 is 11.4 Å². The number of amides is 2. The average Bonchev–Trinajstić information content (AvgIpc) is 2.86. The molecule has 98 valence electrons. The summed E-state index contributed by atoms with van der Waals surface area (Å²) in [5, 5.41) is 3.88. The number of hydrogen-bond donors (Lipinski definition) is 2. The van der Waals surface area contributed by atoms with E-state index in [2.05, 4.69) is 10.1 Å². The summed E-state index contributed by atoms with van der Waals surface area (Å²) < 4.78 is 1.12. The summed E-state index contributed by atoms with van der Waals surface area (Å²) in [6.45, 7) is 0.517. The highest BCUT2D eigenvalue weighted by Gasteiger charge is 2.32. The molecule has 2 amide bonds. The maximum atomic E-state index is 12.0. The van der Waals surface area contributed by atoms with Gasteiger partial charge in [0.05, 0.1) is 6.42 Å². The number of aryl methyl sites for hydroxylation is 1. The normalized spacial score (nSPS) is 19.2. The van der Waals surface area contributed by atoms with Crippen molar-refractivity contribution in [2.24, 2.45) is 12.8 Å². The van der Waals surface area contributed by atoms with E-state index >= 15 is 0 Å². The number of nitrogens with one attached hydrogen (secondary N) is 1. The van der Waals surface area contributed by atoms with Crippen molar-refractivity contribution in [3.63, 3.8) is 0 Å². The molecular formula is C10H15N5O3. The summed E-state index contributed by atoms with van der Waals surface area (Å²) in [5.41, 5.74) is 4.87. The molecule has 0 bridgehead atoms. The van der Waals surface area contributed by atoms with Crippen LogP contribution in [0.1, 0.15) is 18.7 Å². The Hall–Kier alpha value is -2.12. The van der Waals surface area contributed by atoms with Crippen LogP contribution >= 0.6 is 0 Å². The molecule has 8 nitrogen and oxygen atoms in total. The van der Waals surface area contributed by atoms with Gasteiger partial charge in [-0.05, 0) is 12.8 Å². The number of aromatic amines is 1. The van der Waals surface area contributed by atoms with Gasteiger partial charge in [0.15, 0.2) is 0 Å². The van der Waals surface area contributed by atoms with Crippen LogP contribution in [-0.2, 0) is 23.1 Å². The number of H-pyrrole nitrogens is 1. The molecule has 0 aliphatic carbocycles. The second-order valence-electron chi connectivity index (χ2n) is 4.32. The van der Waals surface area contributed by atoms with Gasteiger partial charge in [0.2, 0.25) is 11.8 Å². The Morgan fingerprint density at radius 1 is 1.56 bits per heavy atom. The maximum Gasteiger partial charge on any atom is 0.343 e. The lowest BCUT2D eigenvalue weighted by Crippen LogP contribution is -2.44. The summed E-state index contributed by atoms with van der Waals surface area (Å²) in [7, 11) is 1.49. The zero-order valence-corrected chi connectivity index (χ0v) is 10.0. The predicted molar refractivity (Wildman–Crippen MR) is 61.5 cm³/mol. The van der Waals surface area contributed by atoms with Crippen LogP contribution in [0.2, 0.25) is 0 Å². The van der Waals surface area contributed by atoms with Crippen molar-refractivity contribution in [1.29, 1.82) is 0 Å². The third-order valence-corrected chi connectivity index (χ3v) is 3.04. The standard InChI is InChI=1S/C10H15N5O3/c1-14-10(18)12-7(13-14)5-8(16)15-4-2-3-6(15)9(11)17/h6H,2-5H2,1H3,(H2,11,17)(H,12,13,18). The third-order valence-electron chi connectivity index (χ3n) is 3.04. The van der Waals surface area contributed by atoms with Crippen LogP contribution in [0, 0.1) is 0 Å². The molecule has 1 aromatic heterocycles. The summed E-state index contributed by atoms with van der Waals surface area (Å²) in [4.78, 5) is 38.3. The highest BCUT2D eigenvalue weighted by atomic mass is 16.2. The van der Waals surface area contributed by atoms with Crippen LogP contribution in [-0.4, -0.2) is 44.1 Å². The number of likely N-dealkylation sites (tertiary alicyclic amines) is 1. The molecule has 0 saturated carbocycles. The number of nitrogens with two attached hydrogens (primary N) is 1. The number of carbonyl (C=O) groups excluding carboxylic acids is 2. The lowest BCUT2D eigenvalue weighted by molar-refractivity contribution is -0.136. The van der Waals surface area contributed by atoms with Crippen molar-refractivity contribution in [2.75, 3.05) is 6.54 Å². The van der Waals surface area contributed by atoms with E-state index in [1.165, 1.54) is 11.9 Å². The molecule has 1 aliphatic rings. The first kappa shape index (κ1) is 12.3. The van der Waals surface area contributed by atoms with Crippen molar-refractivity contribution in [2.45, 2.75) is 25.3 Å². The molecule has 0 spiro atoms. The average molecular weight is 253 g/mol. The summed E-state index contributed by atoms with van der Waals surface area (Å²) in [6.07, 6.45) is 1.33. The minimum absolute atomic E-state index is 0.0279. The Labute approximate surface area is 103 Å². The first-order chi connectivity index (χ1) is 8.49. The fourth-order valence-corrected chi connectivity index (χ4v) is 2.14. The van der Waals surface area contributed by atoms with Gasteiger partial charge in [-0.2, -0.15) is 5.10 Å². The van der Waals surface area contributed by atoms with E-state index in [1.807, 2.05) is 0 Å². The number of hydrogen-bond acceptors (Lipinski definition) is 4. The molecule has 1 aliphatic heterocycles. The maximum absolute atomic E-state index is 12.0. The van der Waals surface area contributed by atoms with E-state index < -0.39 is 11.9 Å². The van der Waals surface area contributed by atoms with Crippen molar-refractivity contribution in [1.82, 2.24) is 19.7 Å². The van der Waals surface area contributed by atoms with Crippen LogP contribution in [0.25, 0.3) is 0 Å². The molecule has 1 aromatic rings. The van der Waals surface area contributed by atoms with E-state index in [1.54, 1.807) is 0 Å². The van der Waals surface area contributed by atoms with Crippen molar-refractivity contribution >= 4 is 11.8 Å². The quantitative estimate of drug-likeness (QED) is 0.656. The smallest absolute Gasteiger partial charge is 0.343 e. The Bertz CT molecular complexity index is 532. The minimum atomic E-state index is -0.534. The Balaban J connectivity index is 2.08. The van der Waals surface area contributed by atoms with Gasteiger partial charge in [-0.3, -0.25) is 14.6 Å². The molecule has 1 fully saturated rings. The topological polar surface area (TPSA) is 114 Å². The lowest BCUT2D eigenvalue weighted by Gasteiger charge is -2.21. The van der Waals surface area contributed by atoms with Gasteiger partial charge < -0.3 is 10.6 Å². The number of nitrogens with zero attached hydrogens (tertiary/aromatic N) is 3. The first-order valence-corrected chi connectivity index (χ1v) is 5.70. The van der Waals surface area contributed by atoms with Gasteiger partial charge in [-0.15, -0.1) is 0 Å². The van der Waals surface area contributed by atoms with Crippen LogP contribution in [0.4, 0.5) is 0 Å². The zero-order chi connectivity index (χ0) is 13.3. The second kappa shape index (κ2) is 4.63. The van der Waals surface area contributed by atoms with Crippen LogP contribution in [0.5, 0.6) is 0 Å². The van der Waals surface area contributed by atoms with Gasteiger partial charge in [0.1, 0.15) is 11.9 Å². The molecule has 1 saturated heterocycles. The van der Waals surface area contributed by atoms with Gasteiger partial charge in [0.25, 0.3) is 0 Å². The van der Waals surface area contributed by atoms with Crippen molar-refractivity contribution in [3.8, 4) is 0 Å². The highest BCUT2D eigenvalue weighted by Crippen LogP contribution is 2.17. The molecule has 2 rings (SSSR count). The van der Waals surface area contributed by atoms with Gasteiger partial charge in [-0.1, -0.05) is 0 Å². The van der Waals surface area contributed by atoms with Crippen LogP contribution in [0.3, 0.4) is 0 Å². The summed E-state index contributed by atoms with van der Waals surface area (Å²) in [5.74, 6) is -0.441. The van der Waals surface area contributed by atoms with E-state index in [0.717, 1.165) is 11.1 Å². The fourth-order valence-electron chi connectivity index (χ4n) is 2.14. The SMILES string of the molecule is Cn1nc(CC(=O)N2CCCC2C(N)=O)[nH]c1=O. The van der Waals surface area contributed by atoms with Crippen molar-refractivity contribution in [3.05, 3.63) is 16.3 Å². The number of primary amides is 1. The predicted octanol–water partition coefficient (Wildman–Crippen LogP) is -1.87. The summed E-state index contributed by atoms with van der Waals surface area (Å²) in [6, 6.07) is -0.534.